The first-order valence-electron chi connectivity index (χ1n) is 10.5. The monoisotopic (exact) mass is 549 g/mol. The van der Waals surface area contributed by atoms with Crippen LogP contribution in [0.1, 0.15) is 5.56 Å². The van der Waals surface area contributed by atoms with Gasteiger partial charge in [0.05, 0.1) is 36.2 Å². The number of aromatic nitrogens is 2. The van der Waals surface area contributed by atoms with Gasteiger partial charge in [0, 0.05) is 17.6 Å². The van der Waals surface area contributed by atoms with E-state index in [4.69, 9.17) is 32.7 Å². The van der Waals surface area contributed by atoms with Crippen molar-refractivity contribution in [3.05, 3.63) is 73.8 Å². The van der Waals surface area contributed by atoms with Crippen LogP contribution in [0.5, 0.6) is 11.5 Å². The number of amides is 1. The van der Waals surface area contributed by atoms with Gasteiger partial charge in [0.15, 0.2) is 5.16 Å². The Morgan fingerprint density at radius 3 is 2.57 bits per heavy atom. The van der Waals surface area contributed by atoms with Gasteiger partial charge in [0.25, 0.3) is 5.56 Å². The van der Waals surface area contributed by atoms with E-state index in [1.165, 1.54) is 37.3 Å². The van der Waals surface area contributed by atoms with Crippen molar-refractivity contribution in [2.75, 3.05) is 25.3 Å². The van der Waals surface area contributed by atoms with E-state index in [1.54, 1.807) is 22.8 Å². The standard InChI is InChI=1S/C24H21Cl2N3O4S2/c1-32-19-12-20(33-2)18(11-16(19)26)27-21(30)13-35-24-28-17-8-10-34-22(17)23(31)29(24)9-7-14-3-5-15(25)6-4-14/h3-6,8,10-12H,7,9,13H2,1-2H3,(H,27,30). The topological polar surface area (TPSA) is 82.5 Å². The number of methoxy groups -OCH3 is 2. The third-order valence-corrected chi connectivity index (χ3v) is 7.56. The van der Waals surface area contributed by atoms with E-state index in [1.807, 2.05) is 29.6 Å². The number of anilines is 1. The maximum absolute atomic E-state index is 13.2. The normalized spacial score (nSPS) is 11.0. The summed E-state index contributed by atoms with van der Waals surface area (Å²) in [6.07, 6.45) is 0.622. The smallest absolute Gasteiger partial charge is 0.272 e. The Morgan fingerprint density at radius 2 is 1.86 bits per heavy atom. The molecule has 4 rings (SSSR count). The average Bonchev–Trinajstić information content (AvgIpc) is 3.32. The van der Waals surface area contributed by atoms with Crippen molar-refractivity contribution in [3.63, 3.8) is 0 Å². The van der Waals surface area contributed by atoms with E-state index >= 15 is 0 Å². The van der Waals surface area contributed by atoms with Crippen LogP contribution in [0, 0.1) is 0 Å². The van der Waals surface area contributed by atoms with E-state index in [0.29, 0.717) is 55.6 Å². The first-order valence-corrected chi connectivity index (χ1v) is 13.1. The molecule has 7 nitrogen and oxygen atoms in total. The molecule has 0 aliphatic heterocycles. The summed E-state index contributed by atoms with van der Waals surface area (Å²) in [7, 11) is 2.99. The van der Waals surface area contributed by atoms with Crippen LogP contribution in [0.4, 0.5) is 5.69 Å². The van der Waals surface area contributed by atoms with Gasteiger partial charge < -0.3 is 14.8 Å². The first kappa shape index (κ1) is 25.4. The van der Waals surface area contributed by atoms with Crippen molar-refractivity contribution in [2.24, 2.45) is 0 Å². The molecule has 0 fully saturated rings. The average molecular weight is 550 g/mol. The zero-order valence-electron chi connectivity index (χ0n) is 18.8. The molecule has 2 aromatic heterocycles. The summed E-state index contributed by atoms with van der Waals surface area (Å²) >= 11 is 14.7. The van der Waals surface area contributed by atoms with Crippen molar-refractivity contribution in [1.82, 2.24) is 9.55 Å². The van der Waals surface area contributed by atoms with E-state index in [-0.39, 0.29) is 17.2 Å². The summed E-state index contributed by atoms with van der Waals surface area (Å²) in [5.74, 6) is 0.602. The Hall–Kier alpha value is -2.72. The Kier molecular flexibility index (Phi) is 8.22. The lowest BCUT2D eigenvalue weighted by molar-refractivity contribution is -0.113. The SMILES string of the molecule is COc1cc(OC)c(NC(=O)CSc2nc3ccsc3c(=O)n2CCc2ccc(Cl)cc2)cc1Cl. The molecule has 2 aromatic carbocycles. The highest BCUT2D eigenvalue weighted by Crippen LogP contribution is 2.36. The molecule has 11 heteroatoms. The van der Waals surface area contributed by atoms with Crippen LogP contribution in [-0.4, -0.2) is 35.4 Å². The second-order valence-corrected chi connectivity index (χ2v) is 10.1. The third kappa shape index (κ3) is 5.92. The number of halogens is 2. The molecule has 1 amide bonds. The van der Waals surface area contributed by atoms with Gasteiger partial charge in [0.2, 0.25) is 5.91 Å². The molecular formula is C24H21Cl2N3O4S2. The fourth-order valence-electron chi connectivity index (χ4n) is 3.40. The molecule has 0 radical (unpaired) electrons. The zero-order chi connectivity index (χ0) is 24.9. The molecule has 0 unspecified atom stereocenters. The van der Waals surface area contributed by atoms with Crippen LogP contribution in [0.15, 0.2) is 57.8 Å². The number of nitrogens with one attached hydrogen (secondary N) is 1. The lowest BCUT2D eigenvalue weighted by Crippen LogP contribution is -2.24. The quantitative estimate of drug-likeness (QED) is 0.211. The largest absolute Gasteiger partial charge is 0.495 e. The van der Waals surface area contributed by atoms with Gasteiger partial charge in [-0.15, -0.1) is 11.3 Å². The molecule has 2 heterocycles. The second-order valence-electron chi connectivity index (χ2n) is 7.39. The number of ether oxygens (including phenoxy) is 2. The molecule has 35 heavy (non-hydrogen) atoms. The van der Waals surface area contributed by atoms with E-state index in [9.17, 15) is 9.59 Å². The van der Waals surface area contributed by atoms with Gasteiger partial charge in [-0.05, 0) is 41.6 Å². The molecule has 4 aromatic rings. The summed E-state index contributed by atoms with van der Waals surface area (Å²) in [6, 6.07) is 12.5. The van der Waals surface area contributed by atoms with Crippen LogP contribution in [0.3, 0.4) is 0 Å². The Morgan fingerprint density at radius 1 is 1.11 bits per heavy atom. The molecule has 0 saturated heterocycles. The number of aryl methyl sites for hydroxylation is 1. The van der Waals surface area contributed by atoms with Gasteiger partial charge >= 0.3 is 0 Å². The summed E-state index contributed by atoms with van der Waals surface area (Å²) in [4.78, 5) is 30.6. The fourth-order valence-corrected chi connectivity index (χ4v) is 5.37. The second kappa shape index (κ2) is 11.3. The van der Waals surface area contributed by atoms with Crippen molar-refractivity contribution >= 4 is 68.1 Å². The van der Waals surface area contributed by atoms with Gasteiger partial charge in [-0.1, -0.05) is 47.1 Å². The molecule has 0 spiro atoms. The predicted molar refractivity (Wildman–Crippen MR) is 143 cm³/mol. The Bertz CT molecular complexity index is 1420. The highest BCUT2D eigenvalue weighted by Gasteiger charge is 2.16. The number of carbonyl (C=O) groups is 1. The summed E-state index contributed by atoms with van der Waals surface area (Å²) in [5, 5.41) is 6.12. The number of carbonyl (C=O) groups excluding carboxylic acids is 1. The molecular weight excluding hydrogens is 529 g/mol. The van der Waals surface area contributed by atoms with Crippen molar-refractivity contribution in [1.29, 1.82) is 0 Å². The number of hydrogen-bond acceptors (Lipinski definition) is 7. The van der Waals surface area contributed by atoms with Gasteiger partial charge in [0.1, 0.15) is 16.2 Å². The number of benzene rings is 2. The van der Waals surface area contributed by atoms with E-state index < -0.39 is 0 Å². The lowest BCUT2D eigenvalue weighted by Gasteiger charge is -2.14. The van der Waals surface area contributed by atoms with Crippen LogP contribution in [0.25, 0.3) is 10.2 Å². The molecule has 1 N–H and O–H groups in total. The number of nitrogens with zero attached hydrogens (tertiary/aromatic N) is 2. The van der Waals surface area contributed by atoms with E-state index in [2.05, 4.69) is 10.3 Å². The van der Waals surface area contributed by atoms with Gasteiger partial charge in [-0.25, -0.2) is 4.98 Å². The molecule has 0 aliphatic carbocycles. The predicted octanol–water partition coefficient (Wildman–Crippen LogP) is 5.76. The number of rotatable bonds is 9. The minimum absolute atomic E-state index is 0.0375. The van der Waals surface area contributed by atoms with Crippen LogP contribution in [0.2, 0.25) is 10.0 Å². The van der Waals surface area contributed by atoms with Crippen LogP contribution >= 0.6 is 46.3 Å². The third-order valence-electron chi connectivity index (χ3n) is 5.15. The fraction of sp³-hybridized carbons (Fsp3) is 0.208. The molecule has 0 saturated carbocycles. The highest BCUT2D eigenvalue weighted by molar-refractivity contribution is 7.99. The maximum atomic E-state index is 13.2. The Balaban J connectivity index is 1.53. The minimum Gasteiger partial charge on any atom is -0.495 e. The number of hydrogen-bond donors (Lipinski definition) is 1. The van der Waals surface area contributed by atoms with Crippen LogP contribution in [-0.2, 0) is 17.8 Å². The molecule has 0 aliphatic rings. The lowest BCUT2D eigenvalue weighted by atomic mass is 10.1. The maximum Gasteiger partial charge on any atom is 0.272 e. The van der Waals surface area contributed by atoms with E-state index in [0.717, 1.165) is 5.56 Å². The molecule has 0 bridgehead atoms. The molecule has 182 valence electrons. The van der Waals surface area contributed by atoms with Crippen molar-refractivity contribution in [2.45, 2.75) is 18.1 Å². The minimum atomic E-state index is -0.293. The van der Waals surface area contributed by atoms with Crippen molar-refractivity contribution < 1.29 is 14.3 Å². The highest BCUT2D eigenvalue weighted by atomic mass is 35.5. The van der Waals surface area contributed by atoms with Crippen molar-refractivity contribution in [3.8, 4) is 11.5 Å². The van der Waals surface area contributed by atoms with Gasteiger partial charge in [-0.2, -0.15) is 0 Å². The van der Waals surface area contributed by atoms with Crippen LogP contribution < -0.4 is 20.3 Å². The number of thiophene rings is 1. The summed E-state index contributed by atoms with van der Waals surface area (Å²) < 4.78 is 12.7. The number of thioether (sulfide) groups is 1. The Labute approximate surface area is 220 Å². The molecule has 0 atom stereocenters. The summed E-state index contributed by atoms with van der Waals surface area (Å²) in [6.45, 7) is 0.424. The first-order chi connectivity index (χ1) is 16.9. The van der Waals surface area contributed by atoms with Gasteiger partial charge in [-0.3, -0.25) is 14.2 Å². The summed E-state index contributed by atoms with van der Waals surface area (Å²) in [5.41, 5.74) is 1.97. The number of fused-ring (bicyclic) bond motifs is 1. The zero-order valence-corrected chi connectivity index (χ0v) is 22.0.